The fourth-order valence-corrected chi connectivity index (χ4v) is 6.46. The zero-order chi connectivity index (χ0) is 31.0. The van der Waals surface area contributed by atoms with E-state index in [9.17, 15) is 0 Å². The highest BCUT2D eigenvalue weighted by molar-refractivity contribution is 5.43. The van der Waals surface area contributed by atoms with Crippen LogP contribution in [0.15, 0.2) is 84.9 Å². The Kier molecular flexibility index (Phi) is 13.9. The van der Waals surface area contributed by atoms with Crippen LogP contribution in [0.2, 0.25) is 0 Å². The van der Waals surface area contributed by atoms with Gasteiger partial charge in [0.25, 0.3) is 0 Å². The molecule has 0 aliphatic rings. The smallest absolute Gasteiger partial charge is 0.0314 e. The summed E-state index contributed by atoms with van der Waals surface area (Å²) in [7, 11) is 0. The minimum Gasteiger partial charge on any atom is -0.399 e. The summed E-state index contributed by atoms with van der Waals surface area (Å²) in [6.45, 7) is 4.55. The molecule has 2 nitrogen and oxygen atoms in total. The molecule has 4 aromatic rings. The first-order valence-electron chi connectivity index (χ1n) is 17.4. The second-order valence-corrected chi connectivity index (χ2v) is 12.8. The molecular formula is C42H56N2. The number of hydrogen-bond acceptors (Lipinski definition) is 2. The zero-order valence-electron chi connectivity index (χ0n) is 27.6. The van der Waals surface area contributed by atoms with E-state index >= 15 is 0 Å². The van der Waals surface area contributed by atoms with Gasteiger partial charge in [0.15, 0.2) is 0 Å². The lowest BCUT2D eigenvalue weighted by Crippen LogP contribution is -1.98. The highest BCUT2D eigenvalue weighted by Crippen LogP contribution is 2.22. The highest BCUT2D eigenvalue weighted by atomic mass is 14.5. The lowest BCUT2D eigenvalue weighted by atomic mass is 9.94. The lowest BCUT2D eigenvalue weighted by Gasteiger charge is -2.11. The molecule has 4 rings (SSSR count). The number of unbranched alkanes of at least 4 members (excludes halogenated alkanes) is 9. The number of aryl methyl sites for hydroxylation is 4. The standard InChI is InChI=1S/C42H56N2/c1-3-37-29-33(17-23-39(37)31-35-19-25-41(43)26-20-35)15-13-11-9-7-5-6-8-10-12-14-16-34-18-24-40(38(4-2)30-34)32-36-21-27-42(44)28-22-36/h17-30H,3-16,31-32,43-44H2,1-2H3. The van der Waals surface area contributed by atoms with Crippen LogP contribution >= 0.6 is 0 Å². The summed E-state index contributed by atoms with van der Waals surface area (Å²) < 4.78 is 0. The first kappa shape index (κ1) is 33.4. The molecule has 0 spiro atoms. The van der Waals surface area contributed by atoms with Gasteiger partial charge in [-0.25, -0.2) is 0 Å². The SMILES string of the molecule is CCc1cc(CCCCCCCCCCCCc2ccc(Cc3ccc(N)cc3)c(CC)c2)ccc1Cc1ccc(N)cc1. The Morgan fingerprint density at radius 3 is 1.02 bits per heavy atom. The number of nitrogens with two attached hydrogens (primary N) is 2. The largest absolute Gasteiger partial charge is 0.399 e. The molecule has 0 heterocycles. The average molecular weight is 589 g/mol. The van der Waals surface area contributed by atoms with Crippen molar-refractivity contribution in [3.8, 4) is 0 Å². The minimum absolute atomic E-state index is 0.834. The Balaban J connectivity index is 1.03. The van der Waals surface area contributed by atoms with E-state index in [1.165, 1.54) is 122 Å². The van der Waals surface area contributed by atoms with E-state index in [1.807, 2.05) is 24.3 Å². The third-order valence-electron chi connectivity index (χ3n) is 9.23. The number of rotatable bonds is 19. The second-order valence-electron chi connectivity index (χ2n) is 12.8. The molecule has 0 atom stereocenters. The van der Waals surface area contributed by atoms with Crippen molar-refractivity contribution in [2.75, 3.05) is 11.5 Å². The number of hydrogen-bond donors (Lipinski definition) is 2. The summed E-state index contributed by atoms with van der Waals surface area (Å²) in [6, 6.07) is 30.9. The topological polar surface area (TPSA) is 52.0 Å². The molecule has 0 unspecified atom stereocenters. The van der Waals surface area contributed by atoms with Crippen molar-refractivity contribution < 1.29 is 0 Å². The van der Waals surface area contributed by atoms with Crippen LogP contribution < -0.4 is 11.5 Å². The van der Waals surface area contributed by atoms with Crippen LogP contribution in [0.25, 0.3) is 0 Å². The fraction of sp³-hybridized carbons (Fsp3) is 0.429. The quantitative estimate of drug-likeness (QED) is 0.0845. The van der Waals surface area contributed by atoms with Gasteiger partial charge in [0.1, 0.15) is 0 Å². The fourth-order valence-electron chi connectivity index (χ4n) is 6.46. The summed E-state index contributed by atoms with van der Waals surface area (Å²) in [5.41, 5.74) is 24.9. The van der Waals surface area contributed by atoms with E-state index in [1.54, 1.807) is 0 Å². The predicted molar refractivity (Wildman–Crippen MR) is 193 cm³/mol. The predicted octanol–water partition coefficient (Wildman–Crippen LogP) is 10.8. The molecular weight excluding hydrogens is 532 g/mol. The van der Waals surface area contributed by atoms with Gasteiger partial charge in [-0.05, 0) is 120 Å². The molecule has 0 saturated carbocycles. The maximum atomic E-state index is 5.85. The van der Waals surface area contributed by atoms with E-state index < -0.39 is 0 Å². The van der Waals surface area contributed by atoms with Gasteiger partial charge in [0.2, 0.25) is 0 Å². The zero-order valence-corrected chi connectivity index (χ0v) is 27.6. The number of anilines is 2. The van der Waals surface area contributed by atoms with Crippen molar-refractivity contribution in [1.29, 1.82) is 0 Å². The first-order chi connectivity index (χ1) is 21.5. The van der Waals surface area contributed by atoms with Crippen molar-refractivity contribution in [2.45, 2.75) is 117 Å². The Hall–Kier alpha value is -3.52. The number of benzene rings is 4. The van der Waals surface area contributed by atoms with Gasteiger partial charge in [-0.1, -0.05) is 126 Å². The Morgan fingerprint density at radius 1 is 0.364 bits per heavy atom. The highest BCUT2D eigenvalue weighted by Gasteiger charge is 2.06. The minimum atomic E-state index is 0.834. The van der Waals surface area contributed by atoms with Crippen molar-refractivity contribution in [1.82, 2.24) is 0 Å². The van der Waals surface area contributed by atoms with Gasteiger partial charge in [0.05, 0.1) is 0 Å². The second kappa shape index (κ2) is 18.3. The van der Waals surface area contributed by atoms with Gasteiger partial charge in [0, 0.05) is 11.4 Å². The molecule has 4 aromatic carbocycles. The van der Waals surface area contributed by atoms with Crippen molar-refractivity contribution in [3.63, 3.8) is 0 Å². The van der Waals surface area contributed by atoms with E-state index in [2.05, 4.69) is 74.5 Å². The third kappa shape index (κ3) is 11.2. The van der Waals surface area contributed by atoms with E-state index in [-0.39, 0.29) is 0 Å². The summed E-state index contributed by atoms with van der Waals surface area (Å²) in [5, 5.41) is 0. The average Bonchev–Trinajstić information content (AvgIpc) is 3.04. The van der Waals surface area contributed by atoms with Gasteiger partial charge in [-0.3, -0.25) is 0 Å². The lowest BCUT2D eigenvalue weighted by molar-refractivity contribution is 0.551. The van der Waals surface area contributed by atoms with Crippen LogP contribution in [0.1, 0.15) is 123 Å². The Morgan fingerprint density at radius 2 is 0.682 bits per heavy atom. The maximum Gasteiger partial charge on any atom is 0.0314 e. The van der Waals surface area contributed by atoms with Crippen LogP contribution in [0.4, 0.5) is 11.4 Å². The summed E-state index contributed by atoms with van der Waals surface area (Å²) >= 11 is 0. The van der Waals surface area contributed by atoms with Crippen LogP contribution in [0, 0.1) is 0 Å². The molecule has 0 aliphatic carbocycles. The molecule has 44 heavy (non-hydrogen) atoms. The molecule has 0 fully saturated rings. The van der Waals surface area contributed by atoms with E-state index in [0.717, 1.165) is 37.1 Å². The molecule has 0 aliphatic heterocycles. The van der Waals surface area contributed by atoms with Crippen molar-refractivity contribution in [2.24, 2.45) is 0 Å². The molecule has 234 valence electrons. The molecule has 2 heteroatoms. The van der Waals surface area contributed by atoms with Crippen molar-refractivity contribution >= 4 is 11.4 Å². The molecule has 0 saturated heterocycles. The van der Waals surface area contributed by atoms with Crippen molar-refractivity contribution in [3.05, 3.63) is 129 Å². The van der Waals surface area contributed by atoms with E-state index in [4.69, 9.17) is 11.5 Å². The Labute approximate surface area is 268 Å². The monoisotopic (exact) mass is 588 g/mol. The van der Waals surface area contributed by atoms with Gasteiger partial charge in [-0.2, -0.15) is 0 Å². The molecule has 0 aromatic heterocycles. The third-order valence-corrected chi connectivity index (χ3v) is 9.23. The number of nitrogen functional groups attached to an aromatic ring is 2. The van der Waals surface area contributed by atoms with E-state index in [0.29, 0.717) is 0 Å². The maximum absolute atomic E-state index is 5.85. The summed E-state index contributed by atoms with van der Waals surface area (Å²) in [4.78, 5) is 0. The normalized spacial score (nSPS) is 11.2. The molecule has 0 bridgehead atoms. The molecule has 0 amide bonds. The van der Waals surface area contributed by atoms with Crippen LogP contribution in [0.5, 0.6) is 0 Å². The summed E-state index contributed by atoms with van der Waals surface area (Å²) in [6.07, 6.45) is 20.2. The van der Waals surface area contributed by atoms with Gasteiger partial charge < -0.3 is 11.5 Å². The van der Waals surface area contributed by atoms with Gasteiger partial charge in [-0.15, -0.1) is 0 Å². The van der Waals surface area contributed by atoms with Crippen LogP contribution in [-0.4, -0.2) is 0 Å². The Bertz CT molecular complexity index is 1280. The molecule has 4 N–H and O–H groups in total. The van der Waals surface area contributed by atoms with Gasteiger partial charge >= 0.3 is 0 Å². The van der Waals surface area contributed by atoms with Crippen LogP contribution in [-0.2, 0) is 38.5 Å². The summed E-state index contributed by atoms with van der Waals surface area (Å²) in [5.74, 6) is 0. The first-order valence-corrected chi connectivity index (χ1v) is 17.4. The van der Waals surface area contributed by atoms with Crippen LogP contribution in [0.3, 0.4) is 0 Å². The molecule has 0 radical (unpaired) electrons.